The van der Waals surface area contributed by atoms with Gasteiger partial charge in [0.1, 0.15) is 12.4 Å². The van der Waals surface area contributed by atoms with E-state index in [2.05, 4.69) is 29.4 Å². The molecular weight excluding hydrogens is 407 g/mol. The highest BCUT2D eigenvalue weighted by Gasteiger charge is 2.35. The van der Waals surface area contributed by atoms with Crippen LogP contribution in [0.4, 0.5) is 9.18 Å². The Morgan fingerprint density at radius 3 is 2.47 bits per heavy atom. The van der Waals surface area contributed by atoms with Crippen molar-refractivity contribution in [2.45, 2.75) is 45.4 Å². The lowest BCUT2D eigenvalue weighted by atomic mass is 10.1. The van der Waals surface area contributed by atoms with Crippen molar-refractivity contribution in [3.63, 3.8) is 0 Å². The van der Waals surface area contributed by atoms with E-state index in [1.807, 2.05) is 32.0 Å². The lowest BCUT2D eigenvalue weighted by molar-refractivity contribution is -0.137. The van der Waals surface area contributed by atoms with Gasteiger partial charge in [-0.3, -0.25) is 4.79 Å². The van der Waals surface area contributed by atoms with Crippen LogP contribution in [0.1, 0.15) is 31.4 Å². The lowest BCUT2D eigenvalue weighted by Gasteiger charge is -2.41. The van der Waals surface area contributed by atoms with Crippen LogP contribution in [-0.2, 0) is 17.9 Å². The average Bonchev–Trinajstić information content (AvgIpc) is 2.75. The highest BCUT2D eigenvalue weighted by atomic mass is 19.1. The summed E-state index contributed by atoms with van der Waals surface area (Å²) in [5, 5.41) is 2.92. The Labute approximate surface area is 190 Å². The normalized spacial score (nSPS) is 16.7. The summed E-state index contributed by atoms with van der Waals surface area (Å²) in [5.74, 6) is -0.392. The molecular formula is C25H33FN4O2. The van der Waals surface area contributed by atoms with Crippen LogP contribution in [0.15, 0.2) is 54.6 Å². The van der Waals surface area contributed by atoms with Crippen LogP contribution in [0.3, 0.4) is 0 Å². The van der Waals surface area contributed by atoms with E-state index in [-0.39, 0.29) is 36.4 Å². The van der Waals surface area contributed by atoms with Crippen molar-refractivity contribution in [1.82, 2.24) is 20.0 Å². The Bertz CT molecular complexity index is 889. The van der Waals surface area contributed by atoms with Crippen molar-refractivity contribution >= 4 is 11.9 Å². The average molecular weight is 441 g/mol. The van der Waals surface area contributed by atoms with Gasteiger partial charge >= 0.3 is 6.03 Å². The maximum absolute atomic E-state index is 13.2. The zero-order valence-corrected chi connectivity index (χ0v) is 19.1. The summed E-state index contributed by atoms with van der Waals surface area (Å²) < 4.78 is 13.2. The molecule has 32 heavy (non-hydrogen) atoms. The Hall–Kier alpha value is -2.93. The van der Waals surface area contributed by atoms with Crippen molar-refractivity contribution in [1.29, 1.82) is 0 Å². The van der Waals surface area contributed by atoms with Crippen molar-refractivity contribution in [2.75, 3.05) is 26.7 Å². The van der Waals surface area contributed by atoms with E-state index in [0.717, 1.165) is 25.1 Å². The summed E-state index contributed by atoms with van der Waals surface area (Å²) in [6.07, 6.45) is 0.752. The van der Waals surface area contributed by atoms with Crippen LogP contribution >= 0.6 is 0 Å². The van der Waals surface area contributed by atoms with E-state index in [1.54, 1.807) is 21.9 Å². The summed E-state index contributed by atoms with van der Waals surface area (Å²) >= 11 is 0. The Kier molecular flexibility index (Phi) is 8.22. The molecule has 0 spiro atoms. The summed E-state index contributed by atoms with van der Waals surface area (Å²) in [6, 6.07) is 16.2. The molecule has 3 amide bonds. The molecule has 1 aliphatic rings. The number of nitrogens with one attached hydrogen (secondary N) is 1. The zero-order valence-electron chi connectivity index (χ0n) is 19.1. The van der Waals surface area contributed by atoms with Gasteiger partial charge in [-0.2, -0.15) is 0 Å². The summed E-state index contributed by atoms with van der Waals surface area (Å²) in [5.41, 5.74) is 2.11. The molecule has 172 valence electrons. The largest absolute Gasteiger partial charge is 0.336 e. The first-order valence-corrected chi connectivity index (χ1v) is 11.1. The fourth-order valence-electron chi connectivity index (χ4n) is 3.95. The molecule has 6 nitrogen and oxygen atoms in total. The molecule has 1 heterocycles. The van der Waals surface area contributed by atoms with Crippen LogP contribution < -0.4 is 5.32 Å². The van der Waals surface area contributed by atoms with Crippen LogP contribution in [0.25, 0.3) is 0 Å². The zero-order chi connectivity index (χ0) is 23.1. The minimum absolute atomic E-state index is 0.00347. The van der Waals surface area contributed by atoms with Crippen molar-refractivity contribution in [3.8, 4) is 0 Å². The number of hydrogen-bond donors (Lipinski definition) is 1. The molecule has 1 unspecified atom stereocenters. The van der Waals surface area contributed by atoms with E-state index in [0.29, 0.717) is 13.1 Å². The van der Waals surface area contributed by atoms with Gasteiger partial charge in [-0.15, -0.1) is 0 Å². The number of piperazine rings is 1. The number of amides is 3. The molecule has 1 aliphatic heterocycles. The monoisotopic (exact) mass is 440 g/mol. The quantitative estimate of drug-likeness (QED) is 0.684. The van der Waals surface area contributed by atoms with Crippen molar-refractivity contribution in [3.05, 3.63) is 71.5 Å². The number of urea groups is 1. The maximum Gasteiger partial charge on any atom is 0.318 e. The second kappa shape index (κ2) is 11.1. The molecule has 2 aromatic carbocycles. The number of carbonyl (C=O) groups is 2. The summed E-state index contributed by atoms with van der Waals surface area (Å²) in [6.45, 7) is 6.36. The number of halogens is 1. The van der Waals surface area contributed by atoms with Crippen LogP contribution in [0, 0.1) is 5.82 Å². The smallest absolute Gasteiger partial charge is 0.318 e. The molecule has 0 aromatic heterocycles. The van der Waals surface area contributed by atoms with Gasteiger partial charge in [0.25, 0.3) is 0 Å². The fourth-order valence-corrected chi connectivity index (χ4v) is 3.95. The second-order valence-corrected chi connectivity index (χ2v) is 8.80. The molecule has 1 N–H and O–H groups in total. The third kappa shape index (κ3) is 6.79. The standard InChI is InChI=1S/C25H33FN4O2/c1-19(2)27-25(32)30-18-24(31)29(16-21-9-11-22(26)12-10-21)17-23(30)13-14-28(3)15-20-7-5-4-6-8-20/h4-12,19,23H,13-18H2,1-3H3,(H,27,32). The van der Waals surface area contributed by atoms with Gasteiger partial charge in [-0.05, 0) is 50.6 Å². The molecule has 3 rings (SSSR count). The number of hydrogen-bond acceptors (Lipinski definition) is 3. The molecule has 0 bridgehead atoms. The van der Waals surface area contributed by atoms with Gasteiger partial charge in [-0.25, -0.2) is 9.18 Å². The molecule has 1 saturated heterocycles. The van der Waals surface area contributed by atoms with E-state index >= 15 is 0 Å². The molecule has 0 aliphatic carbocycles. The second-order valence-electron chi connectivity index (χ2n) is 8.80. The van der Waals surface area contributed by atoms with Crippen LogP contribution in [-0.4, -0.2) is 65.4 Å². The van der Waals surface area contributed by atoms with E-state index in [4.69, 9.17) is 0 Å². The van der Waals surface area contributed by atoms with Crippen LogP contribution in [0.2, 0.25) is 0 Å². The first-order chi connectivity index (χ1) is 15.3. The van der Waals surface area contributed by atoms with Gasteiger partial charge in [0.2, 0.25) is 5.91 Å². The topological polar surface area (TPSA) is 55.9 Å². The van der Waals surface area contributed by atoms with Crippen LogP contribution in [0.5, 0.6) is 0 Å². The molecule has 0 saturated carbocycles. The first-order valence-electron chi connectivity index (χ1n) is 11.1. The Morgan fingerprint density at radius 1 is 1.12 bits per heavy atom. The maximum atomic E-state index is 13.2. The molecule has 0 radical (unpaired) electrons. The van der Waals surface area contributed by atoms with Gasteiger partial charge in [0.05, 0.1) is 6.04 Å². The predicted molar refractivity (Wildman–Crippen MR) is 123 cm³/mol. The van der Waals surface area contributed by atoms with E-state index in [1.165, 1.54) is 17.7 Å². The predicted octanol–water partition coefficient (Wildman–Crippen LogP) is 3.48. The first kappa shape index (κ1) is 23.7. The third-order valence-electron chi connectivity index (χ3n) is 5.63. The van der Waals surface area contributed by atoms with Crippen molar-refractivity contribution in [2.24, 2.45) is 0 Å². The minimum Gasteiger partial charge on any atom is -0.336 e. The number of nitrogens with zero attached hydrogens (tertiary/aromatic N) is 3. The van der Waals surface area contributed by atoms with E-state index < -0.39 is 0 Å². The minimum atomic E-state index is -0.297. The van der Waals surface area contributed by atoms with Gasteiger partial charge in [0.15, 0.2) is 0 Å². The van der Waals surface area contributed by atoms with Gasteiger partial charge < -0.3 is 20.0 Å². The molecule has 1 fully saturated rings. The number of carbonyl (C=O) groups excluding carboxylic acids is 2. The summed E-state index contributed by atoms with van der Waals surface area (Å²) in [4.78, 5) is 31.3. The molecule has 1 atom stereocenters. The number of benzene rings is 2. The van der Waals surface area contributed by atoms with Crippen molar-refractivity contribution < 1.29 is 14.0 Å². The molecule has 7 heteroatoms. The fraction of sp³-hybridized carbons (Fsp3) is 0.440. The third-order valence-corrected chi connectivity index (χ3v) is 5.63. The van der Waals surface area contributed by atoms with Gasteiger partial charge in [0, 0.05) is 32.2 Å². The van der Waals surface area contributed by atoms with E-state index in [9.17, 15) is 14.0 Å². The SMILES string of the molecule is CC(C)NC(=O)N1CC(=O)N(Cc2ccc(F)cc2)CC1CCN(C)Cc1ccccc1. The Morgan fingerprint density at radius 2 is 1.81 bits per heavy atom. The lowest BCUT2D eigenvalue weighted by Crippen LogP contribution is -2.60. The number of rotatable bonds is 8. The van der Waals surface area contributed by atoms with Gasteiger partial charge in [-0.1, -0.05) is 42.5 Å². The Balaban J connectivity index is 1.67. The highest BCUT2D eigenvalue weighted by Crippen LogP contribution is 2.18. The molecule has 2 aromatic rings. The summed E-state index contributed by atoms with van der Waals surface area (Å²) in [7, 11) is 2.07. The highest BCUT2D eigenvalue weighted by molar-refractivity contribution is 5.85.